The molecular formula is C22H34N4O3. The highest BCUT2D eigenvalue weighted by Crippen LogP contribution is 2.53. The number of nitrogens with zero attached hydrogens (tertiary/aromatic N) is 3. The van der Waals surface area contributed by atoms with E-state index in [-0.39, 0.29) is 7.18 Å². The van der Waals surface area contributed by atoms with Gasteiger partial charge in [-0.15, -0.1) is 0 Å². The van der Waals surface area contributed by atoms with Gasteiger partial charge in [-0.25, -0.2) is 15.9 Å². The van der Waals surface area contributed by atoms with Gasteiger partial charge in [0.25, 0.3) is 0 Å². The molecule has 2 aromatic rings. The van der Waals surface area contributed by atoms with Crippen molar-refractivity contribution in [2.75, 3.05) is 7.11 Å². The van der Waals surface area contributed by atoms with Crippen LogP contribution < -0.4 is 10.6 Å². The van der Waals surface area contributed by atoms with E-state index in [1.165, 1.54) is 38.2 Å². The number of hydrogen-bond donors (Lipinski definition) is 2. The molecule has 3 N–H and O–H groups in total. The fraction of sp³-hybridized carbons (Fsp3) is 0.500. The van der Waals surface area contributed by atoms with Gasteiger partial charge in [0.2, 0.25) is 0 Å². The minimum atomic E-state index is 0. The van der Waals surface area contributed by atoms with Gasteiger partial charge in [0, 0.05) is 25.5 Å². The molecule has 1 aliphatic carbocycles. The van der Waals surface area contributed by atoms with E-state index in [0.29, 0.717) is 28.7 Å². The summed E-state index contributed by atoms with van der Waals surface area (Å²) in [6.07, 6.45) is 6.18. The summed E-state index contributed by atoms with van der Waals surface area (Å²) in [6, 6.07) is 6.29. The van der Waals surface area contributed by atoms with Crippen molar-refractivity contribution in [2.45, 2.75) is 54.1 Å². The number of benzene rings is 1. The van der Waals surface area contributed by atoms with Crippen molar-refractivity contribution >= 4 is 0 Å². The predicted molar refractivity (Wildman–Crippen MR) is 114 cm³/mol. The molecule has 1 fully saturated rings. The Labute approximate surface area is 175 Å². The van der Waals surface area contributed by atoms with Crippen molar-refractivity contribution in [2.24, 2.45) is 16.7 Å². The molecule has 0 saturated heterocycles. The minimum Gasteiger partial charge on any atom is -0.508 e. The van der Waals surface area contributed by atoms with Gasteiger partial charge in [-0.1, -0.05) is 27.7 Å². The van der Waals surface area contributed by atoms with Crippen LogP contribution in [-0.4, -0.2) is 22.2 Å². The zero-order valence-electron chi connectivity index (χ0n) is 18.2. The molecule has 0 bridgehead atoms. The lowest BCUT2D eigenvalue weighted by molar-refractivity contribution is 0.0201. The lowest BCUT2D eigenvalue weighted by atomic mass is 9.56. The van der Waals surface area contributed by atoms with Crippen molar-refractivity contribution in [3.63, 3.8) is 0 Å². The van der Waals surface area contributed by atoms with Gasteiger partial charge in [-0.05, 0) is 42.7 Å². The summed E-state index contributed by atoms with van der Waals surface area (Å²) in [5, 5.41) is 17.5. The van der Waals surface area contributed by atoms with Crippen LogP contribution in [0.25, 0.3) is 0 Å². The van der Waals surface area contributed by atoms with Crippen LogP contribution in [0.1, 0.15) is 58.9 Å². The van der Waals surface area contributed by atoms with Crippen LogP contribution in [0.15, 0.2) is 30.6 Å². The lowest BCUT2D eigenvalue weighted by Gasteiger charge is -2.49. The summed E-state index contributed by atoms with van der Waals surface area (Å²) in [5.74, 6) is 6.09. The SMILES string of the molecule is CC1(C)CC(C)(C)C1.COc1cc(O)ccc1C#N.Cc1ncc(CON)cn1.[HH]. The second-order valence-corrected chi connectivity index (χ2v) is 8.63. The van der Waals surface area contributed by atoms with Crippen molar-refractivity contribution in [1.82, 2.24) is 9.97 Å². The second kappa shape index (κ2) is 10.7. The highest BCUT2D eigenvalue weighted by atomic mass is 16.6. The quantitative estimate of drug-likeness (QED) is 0.725. The van der Waals surface area contributed by atoms with Gasteiger partial charge in [-0.2, -0.15) is 5.26 Å². The highest BCUT2D eigenvalue weighted by Gasteiger charge is 2.41. The topological polar surface area (TPSA) is 114 Å². The maximum absolute atomic E-state index is 8.97. The molecule has 1 aliphatic rings. The molecule has 29 heavy (non-hydrogen) atoms. The smallest absolute Gasteiger partial charge is 0.140 e. The third kappa shape index (κ3) is 8.90. The lowest BCUT2D eigenvalue weighted by Crippen LogP contribution is -2.38. The summed E-state index contributed by atoms with van der Waals surface area (Å²) < 4.78 is 4.83. The van der Waals surface area contributed by atoms with E-state index >= 15 is 0 Å². The molecule has 7 heteroatoms. The number of phenols is 1. The van der Waals surface area contributed by atoms with Gasteiger partial charge in [-0.3, -0.25) is 4.84 Å². The number of rotatable bonds is 3. The number of nitrogens with two attached hydrogens (primary N) is 1. The predicted octanol–water partition coefficient (Wildman–Crippen LogP) is 4.53. The van der Waals surface area contributed by atoms with Crippen LogP contribution >= 0.6 is 0 Å². The van der Waals surface area contributed by atoms with Gasteiger partial charge in [0.1, 0.15) is 23.4 Å². The highest BCUT2D eigenvalue weighted by molar-refractivity contribution is 5.46. The fourth-order valence-electron chi connectivity index (χ4n) is 3.90. The molecule has 0 unspecified atom stereocenters. The van der Waals surface area contributed by atoms with Crippen LogP contribution in [0.3, 0.4) is 0 Å². The zero-order valence-corrected chi connectivity index (χ0v) is 18.2. The number of aromatic hydroxyl groups is 1. The molecule has 0 spiro atoms. The Balaban J connectivity index is 0.000000418. The van der Waals surface area contributed by atoms with E-state index in [2.05, 4.69) is 42.5 Å². The molecule has 1 aromatic carbocycles. The molecular weight excluding hydrogens is 368 g/mol. The van der Waals surface area contributed by atoms with E-state index in [1.807, 2.05) is 13.0 Å². The summed E-state index contributed by atoms with van der Waals surface area (Å²) in [7, 11) is 1.45. The number of phenolic OH excluding ortho intramolecular Hbond substituents is 1. The Morgan fingerprint density at radius 3 is 2.10 bits per heavy atom. The Hall–Kier alpha value is -2.69. The number of aromatic nitrogens is 2. The standard InChI is InChI=1S/C8H7NO2.C8H16.C6H9N3O.H2/c1-11-8-4-7(10)3-2-6(8)5-9;1-7(2)5-8(3,4)6-7;1-5-8-2-6(3-9-5)4-10-7;/h2-4,10H,1H3;5-6H2,1-4H3;2-3H,4,7H2,1H3;1H. The van der Waals surface area contributed by atoms with Crippen LogP contribution in [0.5, 0.6) is 11.5 Å². The third-order valence-corrected chi connectivity index (χ3v) is 4.30. The van der Waals surface area contributed by atoms with Crippen LogP contribution in [0.4, 0.5) is 0 Å². The first kappa shape index (κ1) is 24.3. The first-order chi connectivity index (χ1) is 13.5. The van der Waals surface area contributed by atoms with Crippen LogP contribution in [0.2, 0.25) is 0 Å². The van der Waals surface area contributed by atoms with E-state index < -0.39 is 0 Å². The van der Waals surface area contributed by atoms with E-state index in [0.717, 1.165) is 11.4 Å². The van der Waals surface area contributed by atoms with Crippen molar-refractivity contribution < 1.29 is 16.1 Å². The Kier molecular flexibility index (Phi) is 9.02. The molecule has 1 aromatic heterocycles. The summed E-state index contributed by atoms with van der Waals surface area (Å²) >= 11 is 0. The fourth-order valence-corrected chi connectivity index (χ4v) is 3.90. The van der Waals surface area contributed by atoms with Crippen molar-refractivity contribution in [3.8, 4) is 17.6 Å². The number of methoxy groups -OCH3 is 1. The summed E-state index contributed by atoms with van der Waals surface area (Å²) in [6.45, 7) is 11.6. The molecule has 0 atom stereocenters. The number of ether oxygens (including phenoxy) is 1. The third-order valence-electron chi connectivity index (χ3n) is 4.30. The van der Waals surface area contributed by atoms with Gasteiger partial charge >= 0.3 is 0 Å². The average molecular weight is 403 g/mol. The maximum atomic E-state index is 8.97. The van der Waals surface area contributed by atoms with Gasteiger partial charge in [0.15, 0.2) is 0 Å². The van der Waals surface area contributed by atoms with E-state index in [9.17, 15) is 0 Å². The normalized spacial score (nSPS) is 15.4. The maximum Gasteiger partial charge on any atom is 0.140 e. The van der Waals surface area contributed by atoms with Crippen molar-refractivity contribution in [1.29, 1.82) is 5.26 Å². The van der Waals surface area contributed by atoms with E-state index in [1.54, 1.807) is 12.4 Å². The van der Waals surface area contributed by atoms with Gasteiger partial charge in [0.05, 0.1) is 19.3 Å². The Bertz CT molecular complexity index is 796. The Morgan fingerprint density at radius 1 is 1.17 bits per heavy atom. The monoisotopic (exact) mass is 402 g/mol. The minimum absolute atomic E-state index is 0. The average Bonchev–Trinajstić information content (AvgIpc) is 2.62. The number of hydrogen-bond acceptors (Lipinski definition) is 7. The largest absolute Gasteiger partial charge is 0.508 e. The first-order valence-electron chi connectivity index (χ1n) is 9.38. The van der Waals surface area contributed by atoms with Gasteiger partial charge < -0.3 is 9.84 Å². The molecule has 1 saturated carbocycles. The molecule has 1 heterocycles. The molecule has 3 rings (SSSR count). The first-order valence-corrected chi connectivity index (χ1v) is 9.38. The summed E-state index contributed by atoms with van der Waals surface area (Å²) in [5.41, 5.74) is 2.62. The molecule has 7 nitrogen and oxygen atoms in total. The van der Waals surface area contributed by atoms with E-state index in [4.69, 9.17) is 21.0 Å². The van der Waals surface area contributed by atoms with Crippen LogP contribution in [-0.2, 0) is 11.4 Å². The van der Waals surface area contributed by atoms with Crippen molar-refractivity contribution in [3.05, 3.63) is 47.5 Å². The second-order valence-electron chi connectivity index (χ2n) is 8.63. The molecule has 0 radical (unpaired) electrons. The number of nitriles is 1. The molecule has 160 valence electrons. The van der Waals surface area contributed by atoms with Crippen LogP contribution in [0, 0.1) is 29.1 Å². The zero-order chi connectivity index (χ0) is 22.1. The Morgan fingerprint density at radius 2 is 1.72 bits per heavy atom. The molecule has 0 aliphatic heterocycles. The number of aryl methyl sites for hydroxylation is 1. The summed E-state index contributed by atoms with van der Waals surface area (Å²) in [4.78, 5) is 12.3. The molecule has 0 amide bonds.